The zero-order valence-electron chi connectivity index (χ0n) is 24.9. The first-order chi connectivity index (χ1) is 21.8. The third kappa shape index (κ3) is 7.18. The second-order valence-corrected chi connectivity index (χ2v) is 12.7. The van der Waals surface area contributed by atoms with Gasteiger partial charge < -0.3 is 19.7 Å². The highest BCUT2D eigenvalue weighted by atomic mass is 32.1. The second kappa shape index (κ2) is 14.9. The monoisotopic (exact) mass is 642 g/mol. The number of hydrogen-bond acceptors (Lipinski definition) is 6. The predicted molar refractivity (Wildman–Crippen MR) is 183 cm³/mol. The van der Waals surface area contributed by atoms with Crippen LogP contribution in [0.1, 0.15) is 36.8 Å². The van der Waals surface area contributed by atoms with Crippen LogP contribution in [0.15, 0.2) is 109 Å². The van der Waals surface area contributed by atoms with Crippen molar-refractivity contribution in [2.75, 3.05) is 13.2 Å². The molecule has 234 valence electrons. The number of carboxylic acid groups (broad SMARTS) is 2. The molecule has 0 amide bonds. The van der Waals surface area contributed by atoms with Crippen LogP contribution in [0.3, 0.4) is 0 Å². The predicted octanol–water partition coefficient (Wildman–Crippen LogP) is 7.67. The first-order valence-corrected chi connectivity index (χ1v) is 16.2. The van der Waals surface area contributed by atoms with Gasteiger partial charge >= 0.3 is 11.9 Å². The minimum atomic E-state index is -0.949. The van der Waals surface area contributed by atoms with Crippen LogP contribution in [0.25, 0.3) is 11.1 Å². The molecule has 4 aromatic rings. The Balaban J connectivity index is 1.67. The van der Waals surface area contributed by atoms with Crippen molar-refractivity contribution in [1.82, 2.24) is 0 Å². The van der Waals surface area contributed by atoms with Gasteiger partial charge in [0.1, 0.15) is 11.5 Å². The van der Waals surface area contributed by atoms with Crippen molar-refractivity contribution in [3.63, 3.8) is 0 Å². The van der Waals surface area contributed by atoms with E-state index in [4.69, 9.17) is 34.7 Å². The minimum absolute atomic E-state index is 0.172. The van der Waals surface area contributed by atoms with Crippen molar-refractivity contribution < 1.29 is 29.3 Å². The Morgan fingerprint density at radius 3 is 1.31 bits per heavy atom. The van der Waals surface area contributed by atoms with Crippen LogP contribution in [-0.2, 0) is 15.0 Å². The maximum absolute atomic E-state index is 12.2. The van der Waals surface area contributed by atoms with Gasteiger partial charge in [-0.05, 0) is 71.2 Å². The van der Waals surface area contributed by atoms with E-state index in [2.05, 4.69) is 24.3 Å². The highest BCUT2D eigenvalue weighted by molar-refractivity contribution is 7.81. The number of rotatable bonds is 16. The molecular formula is C37H38O6S2. The maximum atomic E-state index is 12.2. The zero-order chi connectivity index (χ0) is 31.8. The summed E-state index contributed by atoms with van der Waals surface area (Å²) in [5, 5.41) is 18.8. The molecule has 0 heterocycles. The van der Waals surface area contributed by atoms with Gasteiger partial charge in [0.2, 0.25) is 0 Å². The van der Waals surface area contributed by atoms with Gasteiger partial charge in [-0.15, -0.1) is 0 Å². The Kier molecular flexibility index (Phi) is 10.8. The second-order valence-electron chi connectivity index (χ2n) is 11.4. The van der Waals surface area contributed by atoms with Crippen molar-refractivity contribution in [2.24, 2.45) is 11.8 Å². The molecule has 8 heteroatoms. The number of carbonyl (C=O) groups is 2. The number of benzene rings is 4. The summed E-state index contributed by atoms with van der Waals surface area (Å²) in [6.45, 7) is 0.641. The molecule has 2 N–H and O–H groups in total. The number of carboxylic acids is 2. The first-order valence-electron chi connectivity index (χ1n) is 15.2. The average Bonchev–Trinajstić information content (AvgIpc) is 3.32. The largest absolute Gasteiger partial charge is 0.494 e. The lowest BCUT2D eigenvalue weighted by atomic mass is 9.56. The number of ether oxygens (including phenoxy) is 2. The summed E-state index contributed by atoms with van der Waals surface area (Å²) in [4.78, 5) is 24.4. The Hall–Kier alpha value is -3.88. The number of fused-ring (bicyclic) bond motifs is 3. The van der Waals surface area contributed by atoms with Crippen molar-refractivity contribution in [2.45, 2.75) is 41.6 Å². The van der Waals surface area contributed by atoms with E-state index in [1.54, 1.807) is 0 Å². The topological polar surface area (TPSA) is 93.1 Å². The van der Waals surface area contributed by atoms with Crippen LogP contribution in [-0.4, -0.2) is 45.9 Å². The molecule has 0 radical (unpaired) electrons. The number of thiol groups is 2. The molecular weight excluding hydrogens is 605 g/mol. The summed E-state index contributed by atoms with van der Waals surface area (Å²) in [6, 6.07) is 35.4. The van der Waals surface area contributed by atoms with Crippen LogP contribution >= 0.6 is 25.3 Å². The van der Waals surface area contributed by atoms with E-state index in [1.807, 2.05) is 84.9 Å². The van der Waals surface area contributed by atoms with Crippen LogP contribution in [0, 0.1) is 11.8 Å². The first kappa shape index (κ1) is 32.5. The molecule has 0 spiro atoms. The van der Waals surface area contributed by atoms with Gasteiger partial charge in [-0.25, -0.2) is 0 Å². The maximum Gasteiger partial charge on any atom is 0.304 e. The number of hydrogen-bond donors (Lipinski definition) is 4. The molecule has 0 fully saturated rings. The minimum Gasteiger partial charge on any atom is -0.494 e. The van der Waals surface area contributed by atoms with E-state index in [0.29, 0.717) is 26.1 Å². The average molecular weight is 643 g/mol. The molecule has 1 aliphatic rings. The molecule has 0 aliphatic heterocycles. The fraction of sp³-hybridized carbons (Fsp3) is 0.297. The van der Waals surface area contributed by atoms with Gasteiger partial charge in [0.05, 0.1) is 26.1 Å². The quantitative estimate of drug-likeness (QED) is 0.0938. The van der Waals surface area contributed by atoms with E-state index < -0.39 is 27.9 Å². The number of para-hydroxylation sites is 2. The van der Waals surface area contributed by atoms with Crippen LogP contribution in [0.5, 0.6) is 11.5 Å². The Morgan fingerprint density at radius 1 is 0.578 bits per heavy atom. The van der Waals surface area contributed by atoms with Gasteiger partial charge in [-0.2, -0.15) is 25.3 Å². The van der Waals surface area contributed by atoms with Gasteiger partial charge in [-0.1, -0.05) is 84.9 Å². The summed E-state index contributed by atoms with van der Waals surface area (Å²) in [7, 11) is 0. The highest BCUT2D eigenvalue weighted by Crippen LogP contribution is 2.61. The van der Waals surface area contributed by atoms with Crippen LogP contribution in [0.4, 0.5) is 0 Å². The molecule has 4 atom stereocenters. The third-order valence-corrected chi connectivity index (χ3v) is 9.87. The number of aliphatic carboxylic acids is 2. The highest BCUT2D eigenvalue weighted by Gasteiger charge is 2.56. The lowest BCUT2D eigenvalue weighted by Crippen LogP contribution is -2.50. The lowest BCUT2D eigenvalue weighted by Gasteiger charge is -2.49. The molecule has 0 saturated heterocycles. The molecule has 45 heavy (non-hydrogen) atoms. The Bertz CT molecular complexity index is 1460. The summed E-state index contributed by atoms with van der Waals surface area (Å²) >= 11 is 10.0. The molecule has 4 aromatic carbocycles. The molecule has 5 rings (SSSR count). The molecule has 1 aliphatic carbocycles. The van der Waals surface area contributed by atoms with Gasteiger partial charge in [0.15, 0.2) is 0 Å². The molecule has 6 nitrogen and oxygen atoms in total. The standard InChI is InChI=1S/C37H38O6S2/c38-35(39)23-33(44)31(19-21-42-25-11-3-1-4-12-25)37(29-17-9-7-15-27(29)28-16-8-10-18-30(28)37)32(34(45)24-36(40)41)20-22-43-26-13-5-2-6-14-26/h1-18,31-34,44-45H,19-24H2,(H,38,39)(H,40,41). The van der Waals surface area contributed by atoms with Crippen molar-refractivity contribution in [3.05, 3.63) is 120 Å². The van der Waals surface area contributed by atoms with Crippen LogP contribution < -0.4 is 9.47 Å². The van der Waals surface area contributed by atoms with E-state index >= 15 is 0 Å². The van der Waals surface area contributed by atoms with E-state index in [0.717, 1.165) is 33.8 Å². The molecule has 0 saturated carbocycles. The fourth-order valence-corrected chi connectivity index (χ4v) is 8.19. The van der Waals surface area contributed by atoms with Gasteiger partial charge in [0.25, 0.3) is 0 Å². The van der Waals surface area contributed by atoms with E-state index in [9.17, 15) is 19.8 Å². The summed E-state index contributed by atoms with van der Waals surface area (Å²) in [6.07, 6.45) is 0.606. The summed E-state index contributed by atoms with van der Waals surface area (Å²) in [5.41, 5.74) is 3.30. The van der Waals surface area contributed by atoms with Crippen molar-refractivity contribution in [3.8, 4) is 22.6 Å². The molecule has 0 bridgehead atoms. The normalized spacial score (nSPS) is 15.6. The van der Waals surface area contributed by atoms with Gasteiger partial charge in [-0.3, -0.25) is 9.59 Å². The van der Waals surface area contributed by atoms with Crippen molar-refractivity contribution >= 4 is 37.2 Å². The SMILES string of the molecule is O=C(O)CC(S)C(CCOc1ccccc1)C1(C(CCOc2ccccc2)C(S)CC(=O)O)c2ccccc2-c2ccccc21. The fourth-order valence-electron chi connectivity index (χ4n) is 7.11. The summed E-state index contributed by atoms with van der Waals surface area (Å²) in [5.74, 6) is -1.19. The van der Waals surface area contributed by atoms with Crippen LogP contribution in [0.2, 0.25) is 0 Å². The Morgan fingerprint density at radius 2 is 0.933 bits per heavy atom. The molecule has 4 unspecified atom stereocenters. The smallest absolute Gasteiger partial charge is 0.304 e. The lowest BCUT2D eigenvalue weighted by molar-refractivity contribution is -0.138. The van der Waals surface area contributed by atoms with E-state index in [-0.39, 0.29) is 24.7 Å². The summed E-state index contributed by atoms with van der Waals surface area (Å²) < 4.78 is 12.4. The molecule has 0 aromatic heterocycles. The Labute approximate surface area is 275 Å². The zero-order valence-corrected chi connectivity index (χ0v) is 26.7. The third-order valence-electron chi connectivity index (χ3n) is 8.78. The van der Waals surface area contributed by atoms with Crippen molar-refractivity contribution in [1.29, 1.82) is 0 Å². The van der Waals surface area contributed by atoms with Gasteiger partial charge in [0, 0.05) is 15.9 Å². The van der Waals surface area contributed by atoms with E-state index in [1.165, 1.54) is 0 Å².